The Morgan fingerprint density at radius 3 is 2.90 bits per heavy atom. The molecule has 108 valence electrons. The first-order chi connectivity index (χ1) is 9.69. The molecule has 1 atom stereocenters. The number of benzene rings is 1. The second-order valence-corrected chi connectivity index (χ2v) is 4.75. The van der Waals surface area contributed by atoms with E-state index in [-0.39, 0.29) is 5.56 Å². The van der Waals surface area contributed by atoms with Crippen molar-refractivity contribution in [3.8, 4) is 6.07 Å². The van der Waals surface area contributed by atoms with Crippen molar-refractivity contribution in [1.29, 1.82) is 5.26 Å². The van der Waals surface area contributed by atoms with Gasteiger partial charge in [-0.15, -0.1) is 0 Å². The Kier molecular flexibility index (Phi) is 5.30. The first kappa shape index (κ1) is 14.7. The van der Waals surface area contributed by atoms with E-state index < -0.39 is 11.9 Å². The van der Waals surface area contributed by atoms with Crippen LogP contribution in [0.5, 0.6) is 0 Å². The number of anilines is 1. The van der Waals surface area contributed by atoms with E-state index in [1.807, 2.05) is 6.07 Å². The fourth-order valence-electron chi connectivity index (χ4n) is 2.14. The van der Waals surface area contributed by atoms with Crippen molar-refractivity contribution >= 4 is 5.69 Å². The van der Waals surface area contributed by atoms with E-state index in [1.54, 1.807) is 0 Å². The number of nitriles is 1. The normalized spacial score (nSPS) is 17.4. The van der Waals surface area contributed by atoms with E-state index in [0.29, 0.717) is 32.0 Å². The molecule has 1 saturated heterocycles. The molecule has 2 N–H and O–H groups in total. The van der Waals surface area contributed by atoms with Gasteiger partial charge in [0.2, 0.25) is 0 Å². The highest BCUT2D eigenvalue weighted by atomic mass is 19.1. The van der Waals surface area contributed by atoms with Crippen LogP contribution in [0.4, 0.5) is 10.1 Å². The zero-order valence-corrected chi connectivity index (χ0v) is 11.2. The molecule has 0 radical (unpaired) electrons. The highest BCUT2D eigenvalue weighted by molar-refractivity contribution is 5.57. The van der Waals surface area contributed by atoms with Crippen molar-refractivity contribution in [3.05, 3.63) is 29.6 Å². The van der Waals surface area contributed by atoms with Gasteiger partial charge in [0.05, 0.1) is 30.6 Å². The van der Waals surface area contributed by atoms with Crippen molar-refractivity contribution in [2.45, 2.75) is 6.10 Å². The summed E-state index contributed by atoms with van der Waals surface area (Å²) in [7, 11) is 0. The molecular formula is C14H18FN3O2. The molecule has 6 heteroatoms. The Labute approximate surface area is 117 Å². The molecule has 20 heavy (non-hydrogen) atoms. The molecule has 2 rings (SSSR count). The molecule has 1 unspecified atom stereocenters. The topological polar surface area (TPSA) is 68.5 Å². The summed E-state index contributed by atoms with van der Waals surface area (Å²) in [4.78, 5) is 2.13. The van der Waals surface area contributed by atoms with Crippen LogP contribution in [0.2, 0.25) is 0 Å². The summed E-state index contributed by atoms with van der Waals surface area (Å²) in [5.41, 5.74) is 0.776. The van der Waals surface area contributed by atoms with Crippen LogP contribution in [-0.4, -0.2) is 55.5 Å². The minimum absolute atomic E-state index is 0.239. The summed E-state index contributed by atoms with van der Waals surface area (Å²) >= 11 is 0. The number of hydrogen-bond donors (Lipinski definition) is 2. The summed E-state index contributed by atoms with van der Waals surface area (Å²) in [6.45, 7) is 3.89. The molecular weight excluding hydrogens is 261 g/mol. The molecule has 5 nitrogen and oxygen atoms in total. The Bertz CT molecular complexity index is 484. The molecule has 0 aliphatic carbocycles. The molecule has 0 amide bonds. The number of β-amino-alcohol motifs (C(OH)–C–C–N with tert-alkyl or cyclic N) is 1. The van der Waals surface area contributed by atoms with Crippen molar-refractivity contribution in [2.24, 2.45) is 0 Å². The van der Waals surface area contributed by atoms with Crippen molar-refractivity contribution < 1.29 is 14.2 Å². The Morgan fingerprint density at radius 1 is 1.45 bits per heavy atom. The van der Waals surface area contributed by atoms with Crippen LogP contribution in [0.15, 0.2) is 18.2 Å². The van der Waals surface area contributed by atoms with Crippen LogP contribution in [0.3, 0.4) is 0 Å². The smallest absolute Gasteiger partial charge is 0.124 e. The second-order valence-electron chi connectivity index (χ2n) is 4.75. The lowest BCUT2D eigenvalue weighted by atomic mass is 10.2. The number of nitrogens with one attached hydrogen (secondary N) is 1. The molecule has 0 bridgehead atoms. The maximum atomic E-state index is 13.0. The van der Waals surface area contributed by atoms with Gasteiger partial charge in [-0.2, -0.15) is 5.26 Å². The molecule has 1 aliphatic rings. The zero-order valence-electron chi connectivity index (χ0n) is 11.2. The fourth-order valence-corrected chi connectivity index (χ4v) is 2.14. The third-order valence-electron chi connectivity index (χ3n) is 3.20. The average Bonchev–Trinajstić information content (AvgIpc) is 2.47. The molecule has 1 heterocycles. The van der Waals surface area contributed by atoms with Gasteiger partial charge in [0.15, 0.2) is 0 Å². The first-order valence-electron chi connectivity index (χ1n) is 6.60. The number of nitrogens with zero attached hydrogens (tertiary/aromatic N) is 2. The summed E-state index contributed by atoms with van der Waals surface area (Å²) in [6.07, 6.45) is -0.551. The molecule has 1 aromatic rings. The van der Waals surface area contributed by atoms with Gasteiger partial charge in [0, 0.05) is 26.2 Å². The molecule has 0 aromatic heterocycles. The standard InChI is InChI=1S/C14H18FN3O2/c15-12-1-2-14(11(7-12)8-16)17-9-13(19)10-18-3-5-20-6-4-18/h1-2,7,13,17,19H,3-6,9-10H2. The lowest BCUT2D eigenvalue weighted by Gasteiger charge is -2.28. The van der Waals surface area contributed by atoms with Gasteiger partial charge in [-0.05, 0) is 18.2 Å². The Balaban J connectivity index is 1.83. The third-order valence-corrected chi connectivity index (χ3v) is 3.20. The van der Waals surface area contributed by atoms with Crippen molar-refractivity contribution in [1.82, 2.24) is 4.90 Å². The van der Waals surface area contributed by atoms with Crippen LogP contribution >= 0.6 is 0 Å². The Hall–Kier alpha value is -1.68. The molecule has 0 saturated carbocycles. The SMILES string of the molecule is N#Cc1cc(F)ccc1NCC(O)CN1CCOCC1. The van der Waals surface area contributed by atoms with E-state index in [4.69, 9.17) is 10.00 Å². The van der Waals surface area contributed by atoms with Gasteiger partial charge in [-0.1, -0.05) is 0 Å². The number of rotatable bonds is 5. The third kappa shape index (κ3) is 4.17. The van der Waals surface area contributed by atoms with Crippen molar-refractivity contribution in [3.63, 3.8) is 0 Å². The maximum Gasteiger partial charge on any atom is 0.124 e. The number of ether oxygens (including phenoxy) is 1. The largest absolute Gasteiger partial charge is 0.390 e. The van der Waals surface area contributed by atoms with Crippen LogP contribution in [0, 0.1) is 17.1 Å². The monoisotopic (exact) mass is 279 g/mol. The number of aliphatic hydroxyl groups is 1. The zero-order chi connectivity index (χ0) is 14.4. The second kappa shape index (κ2) is 7.20. The molecule has 1 fully saturated rings. The van der Waals surface area contributed by atoms with Gasteiger partial charge in [-0.3, -0.25) is 4.90 Å². The van der Waals surface area contributed by atoms with E-state index in [9.17, 15) is 9.50 Å². The number of morpholine rings is 1. The number of halogens is 1. The van der Waals surface area contributed by atoms with E-state index >= 15 is 0 Å². The summed E-state index contributed by atoms with van der Waals surface area (Å²) in [5.74, 6) is -0.444. The van der Waals surface area contributed by atoms with Crippen LogP contribution in [0.25, 0.3) is 0 Å². The first-order valence-corrected chi connectivity index (χ1v) is 6.60. The molecule has 1 aliphatic heterocycles. The van der Waals surface area contributed by atoms with Crippen LogP contribution < -0.4 is 5.32 Å². The van der Waals surface area contributed by atoms with Crippen LogP contribution in [-0.2, 0) is 4.74 Å². The molecule has 1 aromatic carbocycles. The summed E-state index contributed by atoms with van der Waals surface area (Å²) in [6, 6.07) is 5.91. The van der Waals surface area contributed by atoms with Gasteiger partial charge >= 0.3 is 0 Å². The van der Waals surface area contributed by atoms with Gasteiger partial charge < -0.3 is 15.2 Å². The lowest BCUT2D eigenvalue weighted by molar-refractivity contribution is 0.0171. The van der Waals surface area contributed by atoms with E-state index in [1.165, 1.54) is 18.2 Å². The van der Waals surface area contributed by atoms with Gasteiger partial charge in [-0.25, -0.2) is 4.39 Å². The summed E-state index contributed by atoms with van der Waals surface area (Å²) in [5, 5.41) is 21.9. The van der Waals surface area contributed by atoms with Gasteiger partial charge in [0.25, 0.3) is 0 Å². The number of aliphatic hydroxyl groups excluding tert-OH is 1. The maximum absolute atomic E-state index is 13.0. The minimum atomic E-state index is -0.551. The molecule has 0 spiro atoms. The fraction of sp³-hybridized carbons (Fsp3) is 0.500. The van der Waals surface area contributed by atoms with E-state index in [0.717, 1.165) is 13.1 Å². The highest BCUT2D eigenvalue weighted by Gasteiger charge is 2.15. The van der Waals surface area contributed by atoms with Crippen LogP contribution in [0.1, 0.15) is 5.56 Å². The van der Waals surface area contributed by atoms with Gasteiger partial charge in [0.1, 0.15) is 11.9 Å². The lowest BCUT2D eigenvalue weighted by Crippen LogP contribution is -2.42. The quantitative estimate of drug-likeness (QED) is 0.834. The minimum Gasteiger partial charge on any atom is -0.390 e. The highest BCUT2D eigenvalue weighted by Crippen LogP contribution is 2.15. The predicted molar refractivity (Wildman–Crippen MR) is 72.9 cm³/mol. The van der Waals surface area contributed by atoms with E-state index in [2.05, 4.69) is 10.2 Å². The average molecular weight is 279 g/mol. The predicted octanol–water partition coefficient (Wildman–Crippen LogP) is 0.802. The summed E-state index contributed by atoms with van der Waals surface area (Å²) < 4.78 is 18.2. The number of hydrogen-bond acceptors (Lipinski definition) is 5. The van der Waals surface area contributed by atoms with Crippen molar-refractivity contribution in [2.75, 3.05) is 44.7 Å². The Morgan fingerprint density at radius 2 is 2.20 bits per heavy atom.